The molecule has 1 aliphatic heterocycles. The number of hydrogen-bond donors (Lipinski definition) is 3. The predicted octanol–water partition coefficient (Wildman–Crippen LogP) is 5.38. The van der Waals surface area contributed by atoms with Crippen molar-refractivity contribution in [1.82, 2.24) is 24.5 Å². The molecule has 1 saturated carbocycles. The SMILES string of the molecule is O=C(NSCCN1CCC(Nc2nc3ccccc3n2Cc2ccc(F)cc2)CC1)NC1CCCCC1. The molecule has 37 heavy (non-hydrogen) atoms. The normalized spacial score (nSPS) is 17.6. The molecule has 3 N–H and O–H groups in total. The molecule has 1 aliphatic carbocycles. The van der Waals surface area contributed by atoms with Crippen LogP contribution in [0.5, 0.6) is 0 Å². The van der Waals surface area contributed by atoms with Gasteiger partial charge in [-0.25, -0.2) is 14.2 Å². The molecule has 0 atom stereocenters. The number of halogens is 1. The summed E-state index contributed by atoms with van der Waals surface area (Å²) in [5, 5.41) is 6.79. The van der Waals surface area contributed by atoms with Gasteiger partial charge in [0.1, 0.15) is 5.82 Å². The Hall–Kier alpha value is -2.78. The summed E-state index contributed by atoms with van der Waals surface area (Å²) in [6.07, 6.45) is 8.01. The quantitative estimate of drug-likeness (QED) is 0.259. The molecule has 1 aromatic heterocycles. The van der Waals surface area contributed by atoms with Crippen molar-refractivity contribution in [2.45, 2.75) is 63.6 Å². The van der Waals surface area contributed by atoms with Crippen molar-refractivity contribution in [1.29, 1.82) is 0 Å². The fraction of sp³-hybridized carbons (Fsp3) is 0.500. The van der Waals surface area contributed by atoms with Gasteiger partial charge in [0.05, 0.1) is 17.6 Å². The zero-order valence-corrected chi connectivity index (χ0v) is 22.1. The van der Waals surface area contributed by atoms with Crippen LogP contribution in [0.25, 0.3) is 11.0 Å². The first-order valence-corrected chi connectivity index (χ1v) is 14.5. The van der Waals surface area contributed by atoms with E-state index in [4.69, 9.17) is 4.98 Å². The zero-order chi connectivity index (χ0) is 25.5. The molecule has 9 heteroatoms. The third kappa shape index (κ3) is 7.17. The number of likely N-dealkylation sites (tertiary alicyclic amines) is 1. The van der Waals surface area contributed by atoms with Gasteiger partial charge >= 0.3 is 6.03 Å². The van der Waals surface area contributed by atoms with Crippen LogP contribution in [-0.2, 0) is 6.54 Å². The Morgan fingerprint density at radius 1 is 0.973 bits per heavy atom. The van der Waals surface area contributed by atoms with Gasteiger partial charge < -0.3 is 20.1 Å². The lowest BCUT2D eigenvalue weighted by molar-refractivity contribution is 0.230. The fourth-order valence-corrected chi connectivity index (χ4v) is 6.00. The molecule has 7 nitrogen and oxygen atoms in total. The Bertz CT molecular complexity index is 1160. The summed E-state index contributed by atoms with van der Waals surface area (Å²) in [4.78, 5) is 19.5. The second-order valence-corrected chi connectivity index (χ2v) is 11.1. The van der Waals surface area contributed by atoms with E-state index < -0.39 is 0 Å². The van der Waals surface area contributed by atoms with Gasteiger partial charge in [-0.2, -0.15) is 0 Å². The number of amides is 2. The molecule has 2 fully saturated rings. The Morgan fingerprint density at radius 3 is 2.51 bits per heavy atom. The summed E-state index contributed by atoms with van der Waals surface area (Å²) in [6, 6.07) is 15.5. The molecule has 2 aliphatic rings. The van der Waals surface area contributed by atoms with Crippen LogP contribution in [0.2, 0.25) is 0 Å². The molecule has 5 rings (SSSR count). The molecular formula is C28H37FN6OS. The average Bonchev–Trinajstić information content (AvgIpc) is 3.26. The third-order valence-corrected chi connectivity index (χ3v) is 8.16. The minimum atomic E-state index is -0.221. The van der Waals surface area contributed by atoms with Gasteiger partial charge in [0.25, 0.3) is 0 Å². The summed E-state index contributed by atoms with van der Waals surface area (Å²) in [5.41, 5.74) is 3.08. The molecule has 2 amide bonds. The van der Waals surface area contributed by atoms with E-state index in [2.05, 4.69) is 30.9 Å². The maximum atomic E-state index is 13.4. The first-order valence-electron chi connectivity index (χ1n) is 13.5. The van der Waals surface area contributed by atoms with Crippen LogP contribution in [0.15, 0.2) is 48.5 Å². The first-order chi connectivity index (χ1) is 18.1. The van der Waals surface area contributed by atoms with E-state index >= 15 is 0 Å². The van der Waals surface area contributed by atoms with Crippen LogP contribution in [-0.4, -0.2) is 58.0 Å². The smallest absolute Gasteiger partial charge is 0.324 e. The number of benzene rings is 2. The molecule has 0 unspecified atom stereocenters. The number of piperidine rings is 1. The van der Waals surface area contributed by atoms with Crippen LogP contribution in [0.1, 0.15) is 50.5 Å². The number of urea groups is 1. The molecule has 2 heterocycles. The second-order valence-electron chi connectivity index (χ2n) is 10.2. The average molecular weight is 525 g/mol. The van der Waals surface area contributed by atoms with Gasteiger partial charge in [0, 0.05) is 37.5 Å². The van der Waals surface area contributed by atoms with Crippen molar-refractivity contribution in [2.75, 3.05) is 30.7 Å². The van der Waals surface area contributed by atoms with Crippen LogP contribution in [0, 0.1) is 5.82 Å². The maximum absolute atomic E-state index is 13.4. The molecule has 1 saturated heterocycles. The van der Waals surface area contributed by atoms with Crippen molar-refractivity contribution < 1.29 is 9.18 Å². The number of nitrogens with zero attached hydrogens (tertiary/aromatic N) is 3. The summed E-state index contributed by atoms with van der Waals surface area (Å²) >= 11 is 1.50. The number of anilines is 1. The van der Waals surface area contributed by atoms with Crippen molar-refractivity contribution in [3.05, 3.63) is 59.9 Å². The van der Waals surface area contributed by atoms with Gasteiger partial charge in [-0.15, -0.1) is 0 Å². The van der Waals surface area contributed by atoms with Gasteiger partial charge in [-0.05, 0) is 67.5 Å². The summed E-state index contributed by atoms with van der Waals surface area (Å²) in [6.45, 7) is 3.64. The summed E-state index contributed by atoms with van der Waals surface area (Å²) in [7, 11) is 0. The van der Waals surface area contributed by atoms with Crippen molar-refractivity contribution >= 4 is 35.0 Å². The highest BCUT2D eigenvalue weighted by Crippen LogP contribution is 2.24. The second kappa shape index (κ2) is 12.6. The van der Waals surface area contributed by atoms with E-state index in [-0.39, 0.29) is 11.8 Å². The number of carbonyl (C=O) groups excluding carboxylic acids is 1. The van der Waals surface area contributed by atoms with Crippen molar-refractivity contribution in [3.8, 4) is 0 Å². The predicted molar refractivity (Wildman–Crippen MR) is 149 cm³/mol. The molecule has 0 spiro atoms. The van der Waals surface area contributed by atoms with Gasteiger partial charge in [-0.3, -0.25) is 4.72 Å². The largest absolute Gasteiger partial charge is 0.353 e. The highest BCUT2D eigenvalue weighted by Gasteiger charge is 2.22. The van der Waals surface area contributed by atoms with Crippen LogP contribution in [0.3, 0.4) is 0 Å². The molecular weight excluding hydrogens is 487 g/mol. The lowest BCUT2D eigenvalue weighted by Crippen LogP contribution is -2.42. The van der Waals surface area contributed by atoms with E-state index in [1.165, 1.54) is 43.3 Å². The van der Waals surface area contributed by atoms with E-state index in [0.29, 0.717) is 18.6 Å². The highest BCUT2D eigenvalue weighted by atomic mass is 32.2. The zero-order valence-electron chi connectivity index (χ0n) is 21.3. The van der Waals surface area contributed by atoms with Crippen molar-refractivity contribution in [3.63, 3.8) is 0 Å². The number of hydrogen-bond acceptors (Lipinski definition) is 5. The van der Waals surface area contributed by atoms with Crippen LogP contribution < -0.4 is 15.4 Å². The molecule has 0 bridgehead atoms. The Morgan fingerprint density at radius 2 is 1.73 bits per heavy atom. The van der Waals surface area contributed by atoms with E-state index in [9.17, 15) is 9.18 Å². The van der Waals surface area contributed by atoms with Crippen LogP contribution >= 0.6 is 11.9 Å². The van der Waals surface area contributed by atoms with Crippen LogP contribution in [0.4, 0.5) is 15.1 Å². The molecule has 0 radical (unpaired) electrons. The number of carbonyl (C=O) groups is 1. The lowest BCUT2D eigenvalue weighted by Gasteiger charge is -2.32. The third-order valence-electron chi connectivity index (χ3n) is 7.44. The fourth-order valence-electron chi connectivity index (χ4n) is 5.35. The number of fused-ring (bicyclic) bond motifs is 1. The Balaban J connectivity index is 1.08. The highest BCUT2D eigenvalue weighted by molar-refractivity contribution is 7.97. The minimum absolute atomic E-state index is 0.0525. The monoisotopic (exact) mass is 524 g/mol. The topological polar surface area (TPSA) is 74.2 Å². The van der Waals surface area contributed by atoms with Crippen molar-refractivity contribution in [2.24, 2.45) is 0 Å². The van der Waals surface area contributed by atoms with E-state index in [0.717, 1.165) is 73.6 Å². The molecule has 3 aromatic rings. The molecule has 2 aromatic carbocycles. The number of imidazole rings is 1. The van der Waals surface area contributed by atoms with Gasteiger partial charge in [0.2, 0.25) is 5.95 Å². The Labute approximate surface area is 222 Å². The number of para-hydroxylation sites is 2. The summed E-state index contributed by atoms with van der Waals surface area (Å²) in [5.74, 6) is 1.53. The Kier molecular flexibility index (Phi) is 8.84. The minimum Gasteiger partial charge on any atom is -0.353 e. The first kappa shape index (κ1) is 25.9. The van der Waals surface area contributed by atoms with Gasteiger partial charge in [-0.1, -0.05) is 43.5 Å². The molecule has 198 valence electrons. The standard InChI is InChI=1S/C28H37FN6OS/c29-22-12-10-21(11-13-22)20-35-26-9-5-4-8-25(26)32-27(35)30-24-14-16-34(17-15-24)18-19-37-33-28(36)31-23-6-2-1-3-7-23/h4-5,8-13,23-24H,1-3,6-7,14-20H2,(H,30,32)(H2,31,33,36). The summed E-state index contributed by atoms with van der Waals surface area (Å²) < 4.78 is 18.5. The van der Waals surface area contributed by atoms with E-state index in [1.54, 1.807) is 0 Å². The van der Waals surface area contributed by atoms with E-state index in [1.807, 2.05) is 30.3 Å². The van der Waals surface area contributed by atoms with Gasteiger partial charge in [0.15, 0.2) is 0 Å². The lowest BCUT2D eigenvalue weighted by atomic mass is 9.96. The number of rotatable bonds is 9. The maximum Gasteiger partial charge on any atom is 0.324 e. The number of nitrogens with one attached hydrogen (secondary N) is 3. The number of aromatic nitrogens is 2.